The minimum atomic E-state index is -0.571. The van der Waals surface area contributed by atoms with Gasteiger partial charge in [0.2, 0.25) is 5.78 Å². The number of nitrogens with zero attached hydrogens (tertiary/aromatic N) is 6. The number of aromatic nitrogens is 4. The number of pyridine rings is 2. The van der Waals surface area contributed by atoms with Crippen molar-refractivity contribution in [3.05, 3.63) is 90.6 Å². The van der Waals surface area contributed by atoms with Gasteiger partial charge in [0.1, 0.15) is 17.9 Å². The van der Waals surface area contributed by atoms with Gasteiger partial charge in [-0.25, -0.2) is 15.0 Å². The number of rotatable bonds is 9. The number of likely N-dealkylation sites (tertiary alicyclic amines) is 1. The molecule has 0 saturated carbocycles. The second-order valence-electron chi connectivity index (χ2n) is 11.5. The van der Waals surface area contributed by atoms with Crippen LogP contribution in [0.15, 0.2) is 85.1 Å². The molecule has 0 bridgehead atoms. The number of nitrogens with two attached hydrogens (primary N) is 1. The SMILES string of the molecule is CC[N+](=C(OC)C(=O)C(C)=O)C1CCN(Cc2ccc(-n3c(-c4cccnc4N)nc4ccc(-c5ccccc5)nc43)cc2)CC1. The highest BCUT2D eigenvalue weighted by Crippen LogP contribution is 2.32. The Morgan fingerprint density at radius 3 is 2.35 bits per heavy atom. The second kappa shape index (κ2) is 13.4. The molecular formula is C36H38N7O3+. The van der Waals surface area contributed by atoms with E-state index in [-0.39, 0.29) is 11.9 Å². The lowest BCUT2D eigenvalue weighted by Gasteiger charge is -2.30. The lowest BCUT2D eigenvalue weighted by atomic mass is 10.0. The Morgan fingerprint density at radius 2 is 1.70 bits per heavy atom. The van der Waals surface area contributed by atoms with Crippen molar-refractivity contribution in [3.63, 3.8) is 0 Å². The quantitative estimate of drug-likeness (QED) is 0.107. The zero-order chi connectivity index (χ0) is 32.2. The predicted molar refractivity (Wildman–Crippen MR) is 179 cm³/mol. The molecule has 3 aromatic heterocycles. The van der Waals surface area contributed by atoms with E-state index in [9.17, 15) is 9.59 Å². The molecule has 10 heteroatoms. The maximum absolute atomic E-state index is 12.4. The number of ketones is 2. The highest BCUT2D eigenvalue weighted by molar-refractivity contribution is 6.61. The number of nitrogen functional groups attached to an aromatic ring is 1. The number of piperidine rings is 1. The third kappa shape index (κ3) is 6.16. The first-order valence-electron chi connectivity index (χ1n) is 15.6. The Morgan fingerprint density at radius 1 is 0.957 bits per heavy atom. The van der Waals surface area contributed by atoms with Crippen molar-refractivity contribution < 1.29 is 18.9 Å². The lowest BCUT2D eigenvalue weighted by Crippen LogP contribution is -2.45. The summed E-state index contributed by atoms with van der Waals surface area (Å²) >= 11 is 0. The van der Waals surface area contributed by atoms with Crippen LogP contribution in [0.5, 0.6) is 0 Å². The van der Waals surface area contributed by atoms with Crippen LogP contribution in [0.2, 0.25) is 0 Å². The van der Waals surface area contributed by atoms with Gasteiger partial charge in [0.25, 0.3) is 0 Å². The maximum atomic E-state index is 12.4. The molecule has 4 heterocycles. The van der Waals surface area contributed by atoms with Crippen molar-refractivity contribution in [3.8, 4) is 28.3 Å². The Balaban J connectivity index is 1.26. The lowest BCUT2D eigenvalue weighted by molar-refractivity contribution is -0.572. The first-order valence-corrected chi connectivity index (χ1v) is 15.6. The molecule has 10 nitrogen and oxygen atoms in total. The predicted octanol–water partition coefficient (Wildman–Crippen LogP) is 4.93. The van der Waals surface area contributed by atoms with E-state index < -0.39 is 11.6 Å². The average molecular weight is 617 g/mol. The highest BCUT2D eigenvalue weighted by atomic mass is 16.5. The summed E-state index contributed by atoms with van der Waals surface area (Å²) in [4.78, 5) is 40.9. The average Bonchev–Trinajstić information content (AvgIpc) is 3.47. The third-order valence-corrected chi connectivity index (χ3v) is 8.56. The van der Waals surface area contributed by atoms with Crippen LogP contribution < -0.4 is 5.73 Å². The largest absolute Gasteiger partial charge is 0.445 e. The van der Waals surface area contributed by atoms with Crippen molar-refractivity contribution in [1.82, 2.24) is 24.4 Å². The van der Waals surface area contributed by atoms with Gasteiger partial charge in [-0.05, 0) is 48.9 Å². The Labute approximate surface area is 268 Å². The molecule has 46 heavy (non-hydrogen) atoms. The van der Waals surface area contributed by atoms with Crippen LogP contribution in [0, 0.1) is 0 Å². The van der Waals surface area contributed by atoms with Gasteiger partial charge in [-0.2, -0.15) is 4.58 Å². The first kappa shape index (κ1) is 30.8. The van der Waals surface area contributed by atoms with E-state index >= 15 is 0 Å². The van der Waals surface area contributed by atoms with Crippen molar-refractivity contribution in [2.24, 2.45) is 0 Å². The van der Waals surface area contributed by atoms with Gasteiger partial charge in [0.15, 0.2) is 17.5 Å². The number of hydrogen-bond acceptors (Lipinski definition) is 8. The number of fused-ring (bicyclic) bond motifs is 1. The molecule has 5 aromatic rings. The van der Waals surface area contributed by atoms with Gasteiger partial charge < -0.3 is 10.5 Å². The molecule has 0 atom stereocenters. The van der Waals surface area contributed by atoms with E-state index in [0.29, 0.717) is 18.2 Å². The summed E-state index contributed by atoms with van der Waals surface area (Å²) in [7, 11) is 1.46. The molecule has 0 aliphatic carbocycles. The molecule has 0 spiro atoms. The maximum Gasteiger partial charge on any atom is 0.415 e. The number of Topliss-reactive ketones (excluding diaryl/α,β-unsaturated/α-hetero) is 2. The van der Waals surface area contributed by atoms with Crippen molar-refractivity contribution in [2.75, 3.05) is 32.5 Å². The molecule has 234 valence electrons. The first-order chi connectivity index (χ1) is 22.4. The minimum absolute atomic E-state index is 0.142. The highest BCUT2D eigenvalue weighted by Gasteiger charge is 2.34. The van der Waals surface area contributed by atoms with Crippen molar-refractivity contribution in [2.45, 2.75) is 39.3 Å². The summed E-state index contributed by atoms with van der Waals surface area (Å²) in [6, 6.07) is 26.5. The van der Waals surface area contributed by atoms with Gasteiger partial charge in [-0.1, -0.05) is 42.5 Å². The zero-order valence-electron chi connectivity index (χ0n) is 26.4. The Hall–Kier alpha value is -5.22. The Kier molecular flexibility index (Phi) is 8.98. The van der Waals surface area contributed by atoms with E-state index in [1.165, 1.54) is 19.6 Å². The molecule has 1 aliphatic heterocycles. The van der Waals surface area contributed by atoms with Crippen LogP contribution in [-0.4, -0.2) is 79.2 Å². The number of methoxy groups -OCH3 is 1. The monoisotopic (exact) mass is 616 g/mol. The van der Waals surface area contributed by atoms with E-state index in [2.05, 4.69) is 38.7 Å². The number of anilines is 1. The summed E-state index contributed by atoms with van der Waals surface area (Å²) in [6.07, 6.45) is 3.42. The summed E-state index contributed by atoms with van der Waals surface area (Å²) in [5, 5.41) is 0. The van der Waals surface area contributed by atoms with Crippen LogP contribution in [-0.2, 0) is 20.9 Å². The zero-order valence-corrected chi connectivity index (χ0v) is 26.4. The topological polar surface area (TPSA) is 119 Å². The van der Waals surface area contributed by atoms with Crippen molar-refractivity contribution >= 4 is 34.4 Å². The molecule has 1 fully saturated rings. The molecule has 6 rings (SSSR count). The second-order valence-corrected chi connectivity index (χ2v) is 11.5. The smallest absolute Gasteiger partial charge is 0.415 e. The molecule has 2 aromatic carbocycles. The van der Waals surface area contributed by atoms with Crippen LogP contribution in [0.3, 0.4) is 0 Å². The van der Waals surface area contributed by atoms with E-state index in [1.54, 1.807) is 6.20 Å². The van der Waals surface area contributed by atoms with E-state index in [1.807, 2.05) is 66.1 Å². The van der Waals surface area contributed by atoms with Crippen LogP contribution in [0.1, 0.15) is 32.3 Å². The van der Waals surface area contributed by atoms with E-state index in [4.69, 9.17) is 20.4 Å². The minimum Gasteiger partial charge on any atom is -0.445 e. The summed E-state index contributed by atoms with van der Waals surface area (Å²) in [5.41, 5.74) is 12.6. The molecule has 1 aliphatic rings. The summed E-state index contributed by atoms with van der Waals surface area (Å²) in [6.45, 7) is 6.41. The molecule has 0 unspecified atom stereocenters. The summed E-state index contributed by atoms with van der Waals surface area (Å²) in [5.74, 6) is 0.157. The summed E-state index contributed by atoms with van der Waals surface area (Å²) < 4.78 is 9.37. The van der Waals surface area contributed by atoms with Gasteiger partial charge in [-0.15, -0.1) is 0 Å². The van der Waals surface area contributed by atoms with Gasteiger partial charge in [0.05, 0.1) is 18.4 Å². The fourth-order valence-corrected chi connectivity index (χ4v) is 6.22. The van der Waals surface area contributed by atoms with Gasteiger partial charge >= 0.3 is 11.7 Å². The molecular weight excluding hydrogens is 578 g/mol. The van der Waals surface area contributed by atoms with E-state index in [0.717, 1.165) is 66.1 Å². The van der Waals surface area contributed by atoms with Gasteiger partial charge in [-0.3, -0.25) is 19.1 Å². The normalized spacial score (nSPS) is 14.7. The number of benzene rings is 2. The number of hydrogen-bond donors (Lipinski definition) is 1. The van der Waals surface area contributed by atoms with Crippen LogP contribution in [0.4, 0.5) is 5.82 Å². The molecule has 1 saturated heterocycles. The number of imidazole rings is 1. The number of carbonyl (C=O) groups excluding carboxylic acids is 2. The molecule has 0 amide bonds. The van der Waals surface area contributed by atoms with Crippen LogP contribution in [0.25, 0.3) is 39.5 Å². The third-order valence-electron chi connectivity index (χ3n) is 8.56. The molecule has 0 radical (unpaired) electrons. The van der Waals surface area contributed by atoms with Gasteiger partial charge in [0, 0.05) is 56.8 Å². The standard InChI is InChI=1S/C36H37N7O3/c1-4-42(36(46-3)32(45)24(2)44)27-18-21-41(22-19-27)23-25-12-14-28(15-13-25)43-34(29-11-8-20-38-33(29)37)40-31-17-16-30(39-35(31)43)26-9-6-5-7-10-26/h5-17,20,27,37H,4,18-19,21-23H2,1-3H3/p+1. The number of ether oxygens (including phenoxy) is 1. The van der Waals surface area contributed by atoms with Crippen molar-refractivity contribution in [1.29, 1.82) is 0 Å². The molecule has 2 N–H and O–H groups in total. The van der Waals surface area contributed by atoms with Crippen LogP contribution >= 0.6 is 0 Å². The number of carbonyl (C=O) groups is 2. The fourth-order valence-electron chi connectivity index (χ4n) is 6.22. The Bertz CT molecular complexity index is 1910. The fraction of sp³-hybridized carbons (Fsp3) is 0.278.